The van der Waals surface area contributed by atoms with E-state index in [9.17, 15) is 5.11 Å². The molecule has 1 saturated heterocycles. The van der Waals surface area contributed by atoms with E-state index in [2.05, 4.69) is 44.3 Å². The molecule has 3 rings (SSSR count). The molecule has 2 aliphatic rings. The maximum atomic E-state index is 10.8. The van der Waals surface area contributed by atoms with Gasteiger partial charge in [-0.05, 0) is 50.1 Å². The Kier molecular flexibility index (Phi) is 4.57. The van der Waals surface area contributed by atoms with Crippen molar-refractivity contribution in [3.05, 3.63) is 28.2 Å². The summed E-state index contributed by atoms with van der Waals surface area (Å²) in [5.41, 5.74) is 2.25. The number of fused-ring (bicyclic) bond motifs is 1. The molecule has 0 spiro atoms. The SMILES string of the molecule is CNCc1cc(Br)ccc1N1CCC2(O)CCCCC2C1. The number of rotatable bonds is 3. The number of anilines is 1. The van der Waals surface area contributed by atoms with Gasteiger partial charge in [0.1, 0.15) is 0 Å². The highest BCUT2D eigenvalue weighted by Gasteiger charge is 2.42. The van der Waals surface area contributed by atoms with E-state index in [1.165, 1.54) is 30.5 Å². The number of nitrogens with zero attached hydrogens (tertiary/aromatic N) is 1. The van der Waals surface area contributed by atoms with Crippen molar-refractivity contribution in [3.63, 3.8) is 0 Å². The molecule has 2 atom stereocenters. The van der Waals surface area contributed by atoms with Crippen LogP contribution < -0.4 is 10.2 Å². The fourth-order valence-corrected chi connectivity index (χ4v) is 4.39. The quantitative estimate of drug-likeness (QED) is 0.875. The van der Waals surface area contributed by atoms with Crippen LogP contribution in [0.4, 0.5) is 5.69 Å². The fraction of sp³-hybridized carbons (Fsp3) is 0.647. The summed E-state index contributed by atoms with van der Waals surface area (Å²) in [6, 6.07) is 6.54. The van der Waals surface area contributed by atoms with Crippen molar-refractivity contribution < 1.29 is 5.11 Å². The number of piperidine rings is 1. The summed E-state index contributed by atoms with van der Waals surface area (Å²) >= 11 is 3.57. The molecule has 1 heterocycles. The van der Waals surface area contributed by atoms with Crippen LogP contribution in [0, 0.1) is 5.92 Å². The highest BCUT2D eigenvalue weighted by atomic mass is 79.9. The van der Waals surface area contributed by atoms with Gasteiger partial charge in [0, 0.05) is 35.7 Å². The van der Waals surface area contributed by atoms with E-state index in [-0.39, 0.29) is 0 Å². The first kappa shape index (κ1) is 15.3. The van der Waals surface area contributed by atoms with Crippen LogP contribution in [0.2, 0.25) is 0 Å². The fourth-order valence-electron chi connectivity index (χ4n) is 3.98. The van der Waals surface area contributed by atoms with E-state index in [4.69, 9.17) is 0 Å². The third-order valence-electron chi connectivity index (χ3n) is 5.18. The second kappa shape index (κ2) is 6.27. The Labute approximate surface area is 135 Å². The van der Waals surface area contributed by atoms with E-state index in [0.717, 1.165) is 36.9 Å². The molecule has 1 aromatic carbocycles. The van der Waals surface area contributed by atoms with Crippen LogP contribution in [0.25, 0.3) is 0 Å². The van der Waals surface area contributed by atoms with Gasteiger partial charge in [0.25, 0.3) is 0 Å². The molecule has 0 aromatic heterocycles. The third kappa shape index (κ3) is 3.13. The summed E-state index contributed by atoms with van der Waals surface area (Å²) < 4.78 is 1.13. The number of hydrogen-bond acceptors (Lipinski definition) is 3. The Morgan fingerprint density at radius 1 is 1.38 bits per heavy atom. The zero-order chi connectivity index (χ0) is 14.9. The smallest absolute Gasteiger partial charge is 0.0709 e. The van der Waals surface area contributed by atoms with Crippen molar-refractivity contribution in [2.75, 3.05) is 25.0 Å². The van der Waals surface area contributed by atoms with Gasteiger partial charge in [-0.2, -0.15) is 0 Å². The molecule has 1 aliphatic heterocycles. The lowest BCUT2D eigenvalue weighted by molar-refractivity contribution is -0.0612. The first-order chi connectivity index (χ1) is 10.1. The average molecular weight is 353 g/mol. The predicted molar refractivity (Wildman–Crippen MR) is 90.6 cm³/mol. The second-order valence-corrected chi connectivity index (χ2v) is 7.46. The monoisotopic (exact) mass is 352 g/mol. The highest BCUT2D eigenvalue weighted by Crippen LogP contribution is 2.41. The molecule has 0 amide bonds. The van der Waals surface area contributed by atoms with Gasteiger partial charge >= 0.3 is 0 Å². The van der Waals surface area contributed by atoms with Crippen LogP contribution in [-0.2, 0) is 6.54 Å². The molecular weight excluding hydrogens is 328 g/mol. The first-order valence-corrected chi connectivity index (χ1v) is 8.82. The van der Waals surface area contributed by atoms with E-state index in [0.29, 0.717) is 5.92 Å². The Morgan fingerprint density at radius 3 is 3.05 bits per heavy atom. The molecule has 2 unspecified atom stereocenters. The number of hydrogen-bond donors (Lipinski definition) is 2. The van der Waals surface area contributed by atoms with Crippen molar-refractivity contribution in [3.8, 4) is 0 Å². The van der Waals surface area contributed by atoms with Crippen LogP contribution >= 0.6 is 15.9 Å². The number of halogens is 1. The largest absolute Gasteiger partial charge is 0.389 e. The maximum Gasteiger partial charge on any atom is 0.0709 e. The molecular formula is C17H25BrN2O. The lowest BCUT2D eigenvalue weighted by atomic mass is 9.71. The molecule has 2 fully saturated rings. The lowest BCUT2D eigenvalue weighted by Crippen LogP contribution is -2.53. The van der Waals surface area contributed by atoms with Gasteiger partial charge in [-0.3, -0.25) is 0 Å². The van der Waals surface area contributed by atoms with E-state index in [1.54, 1.807) is 0 Å². The minimum absolute atomic E-state index is 0.396. The number of nitrogens with one attached hydrogen (secondary N) is 1. The van der Waals surface area contributed by atoms with Crippen LogP contribution in [0.15, 0.2) is 22.7 Å². The van der Waals surface area contributed by atoms with Crippen molar-refractivity contribution in [1.29, 1.82) is 0 Å². The Hall–Kier alpha value is -0.580. The summed E-state index contributed by atoms with van der Waals surface area (Å²) in [5, 5.41) is 14.1. The van der Waals surface area contributed by atoms with Crippen molar-refractivity contribution in [2.45, 2.75) is 44.2 Å². The molecule has 3 nitrogen and oxygen atoms in total. The molecule has 1 aromatic rings. The van der Waals surface area contributed by atoms with Gasteiger partial charge < -0.3 is 15.3 Å². The summed E-state index contributed by atoms with van der Waals surface area (Å²) in [6.45, 7) is 2.83. The van der Waals surface area contributed by atoms with Gasteiger partial charge in [0.2, 0.25) is 0 Å². The first-order valence-electron chi connectivity index (χ1n) is 8.03. The summed E-state index contributed by atoms with van der Waals surface area (Å²) in [5.74, 6) is 0.436. The van der Waals surface area contributed by atoms with Crippen LogP contribution in [0.1, 0.15) is 37.7 Å². The minimum atomic E-state index is -0.396. The zero-order valence-corrected chi connectivity index (χ0v) is 14.3. The number of aliphatic hydroxyl groups is 1. The topological polar surface area (TPSA) is 35.5 Å². The molecule has 0 bridgehead atoms. The van der Waals surface area contributed by atoms with Crippen molar-refractivity contribution in [1.82, 2.24) is 5.32 Å². The van der Waals surface area contributed by atoms with Crippen LogP contribution in [0.5, 0.6) is 0 Å². The maximum absolute atomic E-state index is 10.8. The lowest BCUT2D eigenvalue weighted by Gasteiger charge is -2.48. The van der Waals surface area contributed by atoms with Gasteiger partial charge in [0.15, 0.2) is 0 Å². The molecule has 1 saturated carbocycles. The minimum Gasteiger partial charge on any atom is -0.389 e. The standard InChI is InChI=1S/C17H25BrN2O/c1-19-11-13-10-15(18)5-6-16(13)20-9-8-17(21)7-3-2-4-14(17)12-20/h5-6,10,14,19,21H,2-4,7-9,11-12H2,1H3. The summed E-state index contributed by atoms with van der Waals surface area (Å²) in [7, 11) is 1.99. The van der Waals surface area contributed by atoms with Gasteiger partial charge in [-0.15, -0.1) is 0 Å². The van der Waals surface area contributed by atoms with Crippen molar-refractivity contribution >= 4 is 21.6 Å². The second-order valence-electron chi connectivity index (χ2n) is 6.55. The van der Waals surface area contributed by atoms with E-state index in [1.807, 2.05) is 7.05 Å². The van der Waals surface area contributed by atoms with E-state index >= 15 is 0 Å². The molecule has 0 radical (unpaired) electrons. The van der Waals surface area contributed by atoms with Gasteiger partial charge in [0.05, 0.1) is 5.60 Å². The van der Waals surface area contributed by atoms with E-state index < -0.39 is 5.60 Å². The Bertz CT molecular complexity index is 508. The zero-order valence-electron chi connectivity index (χ0n) is 12.7. The van der Waals surface area contributed by atoms with Gasteiger partial charge in [-0.1, -0.05) is 28.8 Å². The molecule has 1 aliphatic carbocycles. The van der Waals surface area contributed by atoms with Crippen LogP contribution in [0.3, 0.4) is 0 Å². The third-order valence-corrected chi connectivity index (χ3v) is 5.67. The van der Waals surface area contributed by atoms with Crippen LogP contribution in [-0.4, -0.2) is 30.8 Å². The molecule has 21 heavy (non-hydrogen) atoms. The molecule has 2 N–H and O–H groups in total. The number of benzene rings is 1. The average Bonchev–Trinajstić information content (AvgIpc) is 2.47. The highest BCUT2D eigenvalue weighted by molar-refractivity contribution is 9.10. The molecule has 4 heteroatoms. The summed E-state index contributed by atoms with van der Waals surface area (Å²) in [6.07, 6.45) is 5.54. The normalized spacial score (nSPS) is 29.3. The van der Waals surface area contributed by atoms with Gasteiger partial charge in [-0.25, -0.2) is 0 Å². The summed E-state index contributed by atoms with van der Waals surface area (Å²) in [4.78, 5) is 2.48. The van der Waals surface area contributed by atoms with Crippen molar-refractivity contribution in [2.24, 2.45) is 5.92 Å². The molecule has 116 valence electrons. The Balaban J connectivity index is 1.82. The Morgan fingerprint density at radius 2 is 2.24 bits per heavy atom. The predicted octanol–water partition coefficient (Wildman–Crippen LogP) is 3.30.